The van der Waals surface area contributed by atoms with Crippen LogP contribution in [0.15, 0.2) is 0 Å². The highest BCUT2D eigenvalue weighted by Gasteiger charge is 2.31. The van der Waals surface area contributed by atoms with Crippen molar-refractivity contribution in [3.63, 3.8) is 0 Å². The van der Waals surface area contributed by atoms with E-state index in [9.17, 15) is 33.7 Å². The molecule has 0 rings (SSSR count). The molecule has 0 saturated heterocycles. The maximum absolute atomic E-state index is 12.2. The molecule has 0 saturated carbocycles. The summed E-state index contributed by atoms with van der Waals surface area (Å²) in [5.74, 6) is -2.26. The zero-order valence-corrected chi connectivity index (χ0v) is 25.7. The van der Waals surface area contributed by atoms with E-state index in [4.69, 9.17) is 0 Å². The zero-order chi connectivity index (χ0) is 27.6. The van der Waals surface area contributed by atoms with Crippen LogP contribution in [0.3, 0.4) is 0 Å². The highest BCUT2D eigenvalue weighted by Crippen LogP contribution is 2.16. The van der Waals surface area contributed by atoms with Crippen molar-refractivity contribution in [2.45, 2.75) is 129 Å². The first-order valence-corrected chi connectivity index (χ1v) is 21.4. The van der Waals surface area contributed by atoms with Crippen LogP contribution >= 0.6 is 0 Å². The third kappa shape index (κ3) is 15.3. The Bertz CT molecular complexity index is 901. The molecule has 0 unspecified atom stereocenters. The maximum Gasteiger partial charge on any atom is 0.253 e. The maximum atomic E-state index is 12.2. The molecule has 0 fully saturated rings. The molecule has 0 N–H and O–H groups in total. The van der Waals surface area contributed by atoms with E-state index in [2.05, 4.69) is 13.8 Å². The fraction of sp³-hybridized carbons (Fsp3) is 1.00. The molecule has 218 valence electrons. The van der Waals surface area contributed by atoms with Crippen molar-refractivity contribution < 1.29 is 33.7 Å². The van der Waals surface area contributed by atoms with Crippen molar-refractivity contribution in [3.05, 3.63) is 0 Å². The van der Waals surface area contributed by atoms with Gasteiger partial charge in [-0.2, -0.15) is 0 Å². The summed E-state index contributed by atoms with van der Waals surface area (Å²) in [6, 6.07) is 0. The van der Waals surface area contributed by atoms with E-state index >= 15 is 0 Å². The molecule has 0 aliphatic carbocycles. The van der Waals surface area contributed by atoms with Gasteiger partial charge in [0.05, 0.1) is 23.0 Å². The summed E-state index contributed by atoms with van der Waals surface area (Å²) in [6.45, 7) is 4.26. The Kier molecular flexibility index (Phi) is 18.8. The van der Waals surface area contributed by atoms with Crippen LogP contribution in [-0.2, 0) is 35.5 Å². The van der Waals surface area contributed by atoms with Crippen molar-refractivity contribution in [1.82, 2.24) is 0 Å². The van der Waals surface area contributed by atoms with Gasteiger partial charge in [-0.05, 0) is 25.7 Å². The second kappa shape index (κ2) is 19.0. The predicted octanol–water partition coefficient (Wildman–Crippen LogP) is 5.54. The molecule has 0 aromatic carbocycles. The first-order valence-electron chi connectivity index (χ1n) is 13.7. The van der Waals surface area contributed by atoms with Crippen LogP contribution in [0.2, 0.25) is 0 Å². The Balaban J connectivity index is 4.32. The van der Waals surface area contributed by atoms with Crippen molar-refractivity contribution >= 4 is 35.5 Å². The van der Waals surface area contributed by atoms with E-state index < -0.39 is 58.5 Å². The fourth-order valence-corrected chi connectivity index (χ4v) is 11.6. The molecule has 0 spiro atoms. The molecule has 0 heterocycles. The molecule has 0 atom stereocenters. The molecular weight excluding hydrogens is 545 g/mol. The molecule has 12 heteroatoms. The van der Waals surface area contributed by atoms with Gasteiger partial charge in [-0.25, -0.2) is 33.7 Å². The topological polar surface area (TPSA) is 137 Å². The number of unbranched alkanes of at least 4 members (excludes halogenated alkanes) is 15. The Morgan fingerprint density at radius 3 is 0.667 bits per heavy atom. The van der Waals surface area contributed by atoms with Crippen LogP contribution in [0.1, 0.15) is 129 Å². The highest BCUT2D eigenvalue weighted by molar-refractivity contribution is 8.67. The Hall–Kier alpha value is -0.200. The van der Waals surface area contributed by atoms with Gasteiger partial charge in [0.15, 0.2) is 0 Å². The standard InChI is InChI=1S/C24H50O8S4/c1-3-5-7-9-11-13-15-17-21-33(25,26)35(29,30)23-19-20-24-36(31,32)34(27,28)22-18-16-14-12-10-8-6-4-2/h3-24H2,1-2H3. The van der Waals surface area contributed by atoms with Crippen LogP contribution in [0, 0.1) is 0 Å². The van der Waals surface area contributed by atoms with Gasteiger partial charge in [-0.15, -0.1) is 0 Å². The van der Waals surface area contributed by atoms with E-state index in [1.54, 1.807) is 0 Å². The lowest BCUT2D eigenvalue weighted by Gasteiger charge is -2.08. The lowest BCUT2D eigenvalue weighted by Crippen LogP contribution is -2.24. The first-order chi connectivity index (χ1) is 16.8. The quantitative estimate of drug-likeness (QED) is 0.0993. The van der Waals surface area contributed by atoms with Gasteiger partial charge in [0.25, 0.3) is 35.5 Å². The minimum atomic E-state index is -4.42. The Morgan fingerprint density at radius 2 is 0.444 bits per heavy atom. The van der Waals surface area contributed by atoms with E-state index in [1.165, 1.54) is 12.8 Å². The van der Waals surface area contributed by atoms with Crippen molar-refractivity contribution in [2.24, 2.45) is 0 Å². The molecule has 8 nitrogen and oxygen atoms in total. The van der Waals surface area contributed by atoms with E-state index in [1.807, 2.05) is 0 Å². The summed E-state index contributed by atoms with van der Waals surface area (Å²) in [7, 11) is -17.5. The monoisotopic (exact) mass is 594 g/mol. The molecule has 0 aliphatic rings. The van der Waals surface area contributed by atoms with Gasteiger partial charge in [-0.3, -0.25) is 0 Å². The molecule has 0 radical (unpaired) electrons. The molecule has 0 aromatic heterocycles. The number of hydrogen-bond donors (Lipinski definition) is 0. The van der Waals surface area contributed by atoms with E-state index in [-0.39, 0.29) is 25.7 Å². The molecule has 0 aromatic rings. The lowest BCUT2D eigenvalue weighted by molar-refractivity contribution is 0.567. The van der Waals surface area contributed by atoms with E-state index in [0.29, 0.717) is 12.8 Å². The summed E-state index contributed by atoms with van der Waals surface area (Å²) in [4.78, 5) is 0. The lowest BCUT2D eigenvalue weighted by atomic mass is 10.1. The summed E-state index contributed by atoms with van der Waals surface area (Å²) in [5, 5.41) is 0. The van der Waals surface area contributed by atoms with E-state index in [0.717, 1.165) is 64.2 Å². The minimum absolute atomic E-state index is 0.217. The van der Waals surface area contributed by atoms with Gasteiger partial charge in [-0.1, -0.05) is 104 Å². The van der Waals surface area contributed by atoms with Crippen LogP contribution in [0.5, 0.6) is 0 Å². The molecule has 0 bridgehead atoms. The van der Waals surface area contributed by atoms with Gasteiger partial charge in [0, 0.05) is 0 Å². The zero-order valence-electron chi connectivity index (χ0n) is 22.5. The molecular formula is C24H50O8S4. The van der Waals surface area contributed by atoms with Crippen molar-refractivity contribution in [2.75, 3.05) is 23.0 Å². The second-order valence-electron chi connectivity index (χ2n) is 9.70. The summed E-state index contributed by atoms with van der Waals surface area (Å²) >= 11 is 0. The predicted molar refractivity (Wildman–Crippen MR) is 150 cm³/mol. The second-order valence-corrected chi connectivity index (χ2v) is 21.9. The highest BCUT2D eigenvalue weighted by atomic mass is 33.2. The van der Waals surface area contributed by atoms with Crippen molar-refractivity contribution in [3.8, 4) is 0 Å². The van der Waals surface area contributed by atoms with Crippen LogP contribution < -0.4 is 0 Å². The number of rotatable bonds is 25. The SMILES string of the molecule is CCCCCCCCCCS(=O)(=O)S(=O)(=O)CCCCS(=O)(=O)S(=O)(=O)CCCCCCCCCC. The molecule has 36 heavy (non-hydrogen) atoms. The van der Waals surface area contributed by atoms with Gasteiger partial charge >= 0.3 is 0 Å². The summed E-state index contributed by atoms with van der Waals surface area (Å²) < 4.78 is 97.8. The van der Waals surface area contributed by atoms with Crippen LogP contribution in [0.25, 0.3) is 0 Å². The third-order valence-corrected chi connectivity index (χ3v) is 17.7. The average molecular weight is 595 g/mol. The Morgan fingerprint density at radius 1 is 0.278 bits per heavy atom. The molecule has 0 amide bonds. The summed E-state index contributed by atoms with van der Waals surface area (Å²) in [6.07, 6.45) is 14.3. The first kappa shape index (κ1) is 35.8. The minimum Gasteiger partial charge on any atom is -0.213 e. The van der Waals surface area contributed by atoms with Gasteiger partial charge in [0.2, 0.25) is 0 Å². The van der Waals surface area contributed by atoms with Gasteiger partial charge in [0.1, 0.15) is 0 Å². The average Bonchev–Trinajstić information content (AvgIpc) is 2.80. The smallest absolute Gasteiger partial charge is 0.213 e. The number of hydrogen-bond acceptors (Lipinski definition) is 8. The van der Waals surface area contributed by atoms with Crippen LogP contribution in [0.4, 0.5) is 0 Å². The normalized spacial score (nSPS) is 13.3. The largest absolute Gasteiger partial charge is 0.253 e. The van der Waals surface area contributed by atoms with Crippen LogP contribution in [-0.4, -0.2) is 56.7 Å². The van der Waals surface area contributed by atoms with Gasteiger partial charge < -0.3 is 0 Å². The molecule has 0 aliphatic heterocycles. The Labute approximate surface area is 220 Å². The summed E-state index contributed by atoms with van der Waals surface area (Å²) in [5.41, 5.74) is 0. The van der Waals surface area contributed by atoms with Crippen molar-refractivity contribution in [1.29, 1.82) is 0 Å². The third-order valence-electron chi connectivity index (χ3n) is 6.31. The fourth-order valence-electron chi connectivity index (χ4n) is 3.89.